The minimum absolute atomic E-state index is 0.0771. The lowest BCUT2D eigenvalue weighted by Crippen LogP contribution is -2.06. The van der Waals surface area contributed by atoms with E-state index in [1.165, 1.54) is 38.4 Å². The third-order valence-electron chi connectivity index (χ3n) is 4.94. The topological polar surface area (TPSA) is 9.23 Å². The molecule has 0 saturated carbocycles. The van der Waals surface area contributed by atoms with Gasteiger partial charge in [-0.15, -0.1) is 0 Å². The first-order valence-electron chi connectivity index (χ1n) is 10.1. The summed E-state index contributed by atoms with van der Waals surface area (Å²) in [4.78, 5) is 0. The van der Waals surface area contributed by atoms with Crippen LogP contribution >= 0.6 is 0 Å². The molecule has 0 aromatic carbocycles. The van der Waals surface area contributed by atoms with E-state index in [0.29, 0.717) is 12.3 Å². The molecule has 2 unspecified atom stereocenters. The molecule has 0 fully saturated rings. The van der Waals surface area contributed by atoms with Crippen molar-refractivity contribution in [3.05, 3.63) is 59.4 Å². The van der Waals surface area contributed by atoms with E-state index in [1.54, 1.807) is 0 Å². The van der Waals surface area contributed by atoms with Gasteiger partial charge in [0.2, 0.25) is 5.83 Å². The fourth-order valence-electron chi connectivity index (χ4n) is 2.72. The van der Waals surface area contributed by atoms with Crippen LogP contribution in [0.15, 0.2) is 59.4 Å². The van der Waals surface area contributed by atoms with Crippen molar-refractivity contribution >= 4 is 0 Å². The number of hydrogen-bond acceptors (Lipinski definition) is 1. The summed E-state index contributed by atoms with van der Waals surface area (Å²) in [7, 11) is 1.26. The first kappa shape index (κ1) is 25.4. The lowest BCUT2D eigenvalue weighted by atomic mass is 9.84. The predicted octanol–water partition coefficient (Wildman–Crippen LogP) is 8.38. The smallest absolute Gasteiger partial charge is 0.200 e. The second-order valence-electron chi connectivity index (χ2n) is 7.37. The Morgan fingerprint density at radius 1 is 1.04 bits per heavy atom. The van der Waals surface area contributed by atoms with Gasteiger partial charge in [-0.3, -0.25) is 0 Å². The average Bonchev–Trinajstić information content (AvgIpc) is 2.69. The van der Waals surface area contributed by atoms with Crippen molar-refractivity contribution in [2.45, 2.75) is 73.1 Å². The van der Waals surface area contributed by atoms with E-state index < -0.39 is 11.7 Å². The summed E-state index contributed by atoms with van der Waals surface area (Å²) in [6, 6.07) is 0. The van der Waals surface area contributed by atoms with Crippen LogP contribution in [0.4, 0.5) is 8.78 Å². The van der Waals surface area contributed by atoms with E-state index in [2.05, 4.69) is 52.5 Å². The Morgan fingerprint density at radius 2 is 1.63 bits per heavy atom. The van der Waals surface area contributed by atoms with Crippen LogP contribution in [-0.2, 0) is 4.74 Å². The highest BCUT2D eigenvalue weighted by molar-refractivity contribution is 5.48. The monoisotopic (exact) mass is 380 g/mol. The molecular weight excluding hydrogens is 342 g/mol. The molecule has 2 atom stereocenters. The molecule has 3 heteroatoms. The largest absolute Gasteiger partial charge is 0.494 e. The lowest BCUT2D eigenvalue weighted by Gasteiger charge is -2.22. The number of methoxy groups -OCH3 is 1. The zero-order chi connectivity index (χ0) is 21.0. The van der Waals surface area contributed by atoms with Gasteiger partial charge in [0.1, 0.15) is 5.76 Å². The molecular formula is C24H38F2O. The summed E-state index contributed by atoms with van der Waals surface area (Å²) in [6.07, 6.45) is 10.3. The van der Waals surface area contributed by atoms with Crippen molar-refractivity contribution in [2.75, 3.05) is 7.11 Å². The molecule has 0 saturated heterocycles. The molecule has 0 N–H and O–H groups in total. The highest BCUT2D eigenvalue weighted by Crippen LogP contribution is 2.34. The van der Waals surface area contributed by atoms with Crippen LogP contribution in [0, 0.1) is 11.8 Å². The minimum atomic E-state index is -1.08. The molecule has 0 aliphatic heterocycles. The second-order valence-corrected chi connectivity index (χ2v) is 7.37. The summed E-state index contributed by atoms with van der Waals surface area (Å²) in [5.74, 6) is -1.12. The van der Waals surface area contributed by atoms with Crippen molar-refractivity contribution in [3.8, 4) is 0 Å². The van der Waals surface area contributed by atoms with Gasteiger partial charge in [0.05, 0.1) is 7.11 Å². The number of allylic oxidation sites excluding steroid dienone is 7. The molecule has 1 rings (SSSR count). The first-order valence-corrected chi connectivity index (χ1v) is 10.1. The van der Waals surface area contributed by atoms with Gasteiger partial charge in [-0.25, -0.2) is 4.39 Å². The molecule has 0 heterocycles. The van der Waals surface area contributed by atoms with E-state index in [4.69, 9.17) is 0 Å². The van der Waals surface area contributed by atoms with Crippen LogP contribution in [0.2, 0.25) is 0 Å². The van der Waals surface area contributed by atoms with Crippen LogP contribution in [-0.4, -0.2) is 7.11 Å². The van der Waals surface area contributed by atoms with Crippen molar-refractivity contribution in [2.24, 2.45) is 11.8 Å². The molecule has 0 amide bonds. The van der Waals surface area contributed by atoms with Gasteiger partial charge in [0, 0.05) is 5.57 Å². The van der Waals surface area contributed by atoms with Gasteiger partial charge in [0.15, 0.2) is 5.83 Å². The van der Waals surface area contributed by atoms with Crippen molar-refractivity contribution in [3.63, 3.8) is 0 Å². The standard InChI is InChI=1S/C21H30F2O.C3H8/c1-7-14(2)8-9-15(3)18-10-12-19(13-11-18)16(4)20(22)21(23)17(5)24-6;1-3-2/h10,12,14-15H,4-5,7-9,11,13H2,1-3,6H3;3H2,1-2H3/b21-20-;. The van der Waals surface area contributed by atoms with Crippen LogP contribution < -0.4 is 0 Å². The van der Waals surface area contributed by atoms with E-state index in [1.807, 2.05) is 12.2 Å². The third-order valence-corrected chi connectivity index (χ3v) is 4.94. The van der Waals surface area contributed by atoms with Gasteiger partial charge in [-0.2, -0.15) is 4.39 Å². The summed E-state index contributed by atoms with van der Waals surface area (Å²) in [6.45, 7) is 18.0. The molecule has 0 aromatic heterocycles. The quantitative estimate of drug-likeness (QED) is 0.288. The summed E-state index contributed by atoms with van der Waals surface area (Å²) in [5, 5.41) is 0. The maximum Gasteiger partial charge on any atom is 0.200 e. The lowest BCUT2D eigenvalue weighted by molar-refractivity contribution is 0.281. The number of rotatable bonds is 9. The Balaban J connectivity index is 0.00000210. The second kappa shape index (κ2) is 13.5. The van der Waals surface area contributed by atoms with Crippen molar-refractivity contribution in [1.29, 1.82) is 0 Å². The van der Waals surface area contributed by atoms with Crippen LogP contribution in [0.1, 0.15) is 73.1 Å². The molecule has 1 nitrogen and oxygen atoms in total. The van der Waals surface area contributed by atoms with E-state index in [-0.39, 0.29) is 11.3 Å². The number of hydrogen-bond donors (Lipinski definition) is 0. The minimum Gasteiger partial charge on any atom is -0.494 e. The fourth-order valence-corrected chi connectivity index (χ4v) is 2.72. The highest BCUT2D eigenvalue weighted by Gasteiger charge is 2.20. The Bertz CT molecular complexity index is 581. The molecule has 154 valence electrons. The SMILES string of the molecule is C=C(OC)/C(F)=C(/F)C(=C)C1=CC=C(C(C)CCC(C)CC)CC1.CCC. The predicted molar refractivity (Wildman–Crippen MR) is 114 cm³/mol. The van der Waals surface area contributed by atoms with E-state index >= 15 is 0 Å². The van der Waals surface area contributed by atoms with Gasteiger partial charge in [0.25, 0.3) is 0 Å². The molecule has 1 aliphatic rings. The van der Waals surface area contributed by atoms with Gasteiger partial charge >= 0.3 is 0 Å². The molecule has 0 spiro atoms. The average molecular weight is 381 g/mol. The zero-order valence-electron chi connectivity index (χ0n) is 18.1. The highest BCUT2D eigenvalue weighted by atomic mass is 19.2. The molecule has 1 aliphatic carbocycles. The first-order chi connectivity index (χ1) is 12.7. The summed E-state index contributed by atoms with van der Waals surface area (Å²) in [5.41, 5.74) is 2.18. The fraction of sp³-hybridized carbons (Fsp3) is 0.583. The van der Waals surface area contributed by atoms with Crippen LogP contribution in [0.3, 0.4) is 0 Å². The molecule has 0 bridgehead atoms. The molecule has 0 radical (unpaired) electrons. The van der Waals surface area contributed by atoms with Gasteiger partial charge in [-0.05, 0) is 36.7 Å². The third kappa shape index (κ3) is 8.73. The van der Waals surface area contributed by atoms with Crippen LogP contribution in [0.25, 0.3) is 0 Å². The number of ether oxygens (including phenoxy) is 1. The Hall–Kier alpha value is -1.64. The summed E-state index contributed by atoms with van der Waals surface area (Å²) < 4.78 is 32.5. The Kier molecular flexibility index (Phi) is 12.7. The zero-order valence-corrected chi connectivity index (χ0v) is 18.1. The Labute approximate surface area is 165 Å². The van der Waals surface area contributed by atoms with E-state index in [9.17, 15) is 8.78 Å². The molecule has 0 aromatic rings. The Morgan fingerprint density at radius 3 is 2.07 bits per heavy atom. The maximum atomic E-state index is 14.1. The number of halogens is 2. The maximum absolute atomic E-state index is 14.1. The van der Waals surface area contributed by atoms with Crippen molar-refractivity contribution < 1.29 is 13.5 Å². The molecule has 27 heavy (non-hydrogen) atoms. The van der Waals surface area contributed by atoms with Gasteiger partial charge in [-0.1, -0.05) is 84.8 Å². The normalized spacial score (nSPS) is 16.7. The summed E-state index contributed by atoms with van der Waals surface area (Å²) >= 11 is 0. The van der Waals surface area contributed by atoms with E-state index in [0.717, 1.165) is 17.9 Å². The van der Waals surface area contributed by atoms with Gasteiger partial charge < -0.3 is 4.74 Å². The van der Waals surface area contributed by atoms with Crippen LogP contribution in [0.5, 0.6) is 0 Å². The van der Waals surface area contributed by atoms with Crippen molar-refractivity contribution in [1.82, 2.24) is 0 Å².